The number of hydrogen-bond acceptors (Lipinski definition) is 8. The molecule has 9 nitrogen and oxygen atoms in total. The molecule has 2 aromatic heterocycles. The summed E-state index contributed by atoms with van der Waals surface area (Å²) in [5, 5.41) is 6.29. The van der Waals surface area contributed by atoms with Gasteiger partial charge in [-0.3, -0.25) is 9.78 Å². The van der Waals surface area contributed by atoms with Crippen molar-refractivity contribution in [1.82, 2.24) is 15.3 Å². The van der Waals surface area contributed by atoms with E-state index in [4.69, 9.17) is 9.15 Å². The molecule has 2 aliphatic heterocycles. The first kappa shape index (κ1) is 21.3. The van der Waals surface area contributed by atoms with Gasteiger partial charge in [0.05, 0.1) is 30.9 Å². The molecular formula is C24H28N6O3. The van der Waals surface area contributed by atoms with Crippen LogP contribution >= 0.6 is 0 Å². The SMILES string of the molecule is COc1cccc(C2CCN(c3ncc(C(=O)Nc4cnccc4N4CCNCC4)o3)C2)c1. The van der Waals surface area contributed by atoms with Crippen molar-refractivity contribution < 1.29 is 13.9 Å². The van der Waals surface area contributed by atoms with Crippen LogP contribution in [-0.4, -0.2) is 62.3 Å². The topological polar surface area (TPSA) is 95.8 Å². The highest BCUT2D eigenvalue weighted by Crippen LogP contribution is 2.32. The van der Waals surface area contributed by atoms with Crippen molar-refractivity contribution in [1.29, 1.82) is 0 Å². The molecule has 0 aliphatic carbocycles. The molecule has 172 valence electrons. The Kier molecular flexibility index (Phi) is 6.12. The zero-order valence-electron chi connectivity index (χ0n) is 18.7. The van der Waals surface area contributed by atoms with Crippen LogP contribution in [-0.2, 0) is 0 Å². The summed E-state index contributed by atoms with van der Waals surface area (Å²) in [6, 6.07) is 10.6. The molecule has 0 radical (unpaired) electrons. The lowest BCUT2D eigenvalue weighted by Crippen LogP contribution is -2.43. The maximum absolute atomic E-state index is 12.9. The van der Waals surface area contributed by atoms with Crippen LogP contribution < -0.4 is 25.2 Å². The lowest BCUT2D eigenvalue weighted by molar-refractivity contribution is 0.0997. The largest absolute Gasteiger partial charge is 0.497 e. The minimum atomic E-state index is -0.332. The van der Waals surface area contributed by atoms with Crippen molar-refractivity contribution in [2.75, 3.05) is 61.5 Å². The van der Waals surface area contributed by atoms with Gasteiger partial charge < -0.3 is 29.6 Å². The highest BCUT2D eigenvalue weighted by molar-refractivity contribution is 6.04. The number of ether oxygens (including phenoxy) is 1. The number of nitrogens with one attached hydrogen (secondary N) is 2. The highest BCUT2D eigenvalue weighted by atomic mass is 16.5. The van der Waals surface area contributed by atoms with Crippen molar-refractivity contribution >= 4 is 23.3 Å². The standard InChI is InChI=1S/C24H28N6O3/c1-32-19-4-2-3-17(13-19)18-6-10-30(16-18)24-27-15-22(33-24)23(31)28-20-14-26-7-5-21(20)29-11-8-25-9-12-29/h2-5,7,13-15,18,25H,6,8-12,16H2,1H3,(H,28,31). The van der Waals surface area contributed by atoms with Crippen LogP contribution in [0.25, 0.3) is 0 Å². The summed E-state index contributed by atoms with van der Waals surface area (Å²) in [5.74, 6) is 1.07. The van der Waals surface area contributed by atoms with Gasteiger partial charge in [-0.05, 0) is 30.2 Å². The van der Waals surface area contributed by atoms with E-state index in [9.17, 15) is 4.79 Å². The number of hydrogen-bond donors (Lipinski definition) is 2. The van der Waals surface area contributed by atoms with Gasteiger partial charge in [-0.1, -0.05) is 12.1 Å². The number of oxazole rings is 1. The number of amides is 1. The third-order valence-electron chi connectivity index (χ3n) is 6.25. The Hall–Kier alpha value is -3.59. The number of carbonyl (C=O) groups excluding carboxylic acids is 1. The quantitative estimate of drug-likeness (QED) is 0.594. The molecule has 33 heavy (non-hydrogen) atoms. The molecular weight excluding hydrogens is 420 g/mol. The van der Waals surface area contributed by atoms with E-state index in [0.29, 0.717) is 17.6 Å². The van der Waals surface area contributed by atoms with Crippen LogP contribution in [0.5, 0.6) is 5.75 Å². The molecule has 0 bridgehead atoms. The fourth-order valence-corrected chi connectivity index (χ4v) is 4.47. The molecule has 0 spiro atoms. The minimum Gasteiger partial charge on any atom is -0.497 e. The van der Waals surface area contributed by atoms with Gasteiger partial charge in [0.25, 0.3) is 11.9 Å². The summed E-state index contributed by atoms with van der Waals surface area (Å²) in [6.45, 7) is 5.18. The normalized spacial score (nSPS) is 18.4. The molecule has 2 fully saturated rings. The second-order valence-corrected chi connectivity index (χ2v) is 8.30. The van der Waals surface area contributed by atoms with Crippen LogP contribution in [0.3, 0.4) is 0 Å². The van der Waals surface area contributed by atoms with Crippen molar-refractivity contribution in [3.8, 4) is 5.75 Å². The Morgan fingerprint density at radius 1 is 1.18 bits per heavy atom. The van der Waals surface area contributed by atoms with Crippen LogP contribution in [0, 0.1) is 0 Å². The molecule has 0 saturated carbocycles. The molecule has 2 aliphatic rings. The van der Waals surface area contributed by atoms with Crippen molar-refractivity contribution in [2.45, 2.75) is 12.3 Å². The van der Waals surface area contributed by atoms with E-state index in [0.717, 1.165) is 57.1 Å². The second-order valence-electron chi connectivity index (χ2n) is 8.30. The van der Waals surface area contributed by atoms with E-state index in [-0.39, 0.29) is 11.7 Å². The predicted octanol–water partition coefficient (Wildman–Crippen LogP) is 2.73. The van der Waals surface area contributed by atoms with E-state index in [1.807, 2.05) is 18.2 Å². The van der Waals surface area contributed by atoms with Gasteiger partial charge in [-0.15, -0.1) is 0 Å². The van der Waals surface area contributed by atoms with E-state index < -0.39 is 0 Å². The first-order chi connectivity index (χ1) is 16.2. The maximum Gasteiger partial charge on any atom is 0.297 e. The van der Waals surface area contributed by atoms with Crippen LogP contribution in [0.1, 0.15) is 28.5 Å². The number of anilines is 3. The summed E-state index contributed by atoms with van der Waals surface area (Å²) in [6.07, 6.45) is 5.89. The third-order valence-corrected chi connectivity index (χ3v) is 6.25. The monoisotopic (exact) mass is 448 g/mol. The Bertz CT molecular complexity index is 1110. The van der Waals surface area contributed by atoms with Gasteiger partial charge >= 0.3 is 0 Å². The van der Waals surface area contributed by atoms with Crippen molar-refractivity contribution in [2.24, 2.45) is 0 Å². The number of carbonyl (C=O) groups is 1. The van der Waals surface area contributed by atoms with E-state index >= 15 is 0 Å². The molecule has 1 atom stereocenters. The Morgan fingerprint density at radius 3 is 2.91 bits per heavy atom. The first-order valence-electron chi connectivity index (χ1n) is 11.3. The maximum atomic E-state index is 12.9. The summed E-state index contributed by atoms with van der Waals surface area (Å²) in [4.78, 5) is 25.8. The first-order valence-corrected chi connectivity index (χ1v) is 11.3. The highest BCUT2D eigenvalue weighted by Gasteiger charge is 2.28. The number of rotatable bonds is 6. The molecule has 4 heterocycles. The van der Waals surface area contributed by atoms with Crippen molar-refractivity contribution in [3.63, 3.8) is 0 Å². The van der Waals surface area contributed by atoms with Gasteiger partial charge in [-0.2, -0.15) is 0 Å². The second kappa shape index (κ2) is 9.50. The Morgan fingerprint density at radius 2 is 2.06 bits per heavy atom. The van der Waals surface area contributed by atoms with Crippen LogP contribution in [0.4, 0.5) is 17.4 Å². The predicted molar refractivity (Wildman–Crippen MR) is 126 cm³/mol. The van der Waals surface area contributed by atoms with Crippen LogP contribution in [0.2, 0.25) is 0 Å². The Balaban J connectivity index is 1.25. The number of benzene rings is 1. The number of piperazine rings is 1. The summed E-state index contributed by atoms with van der Waals surface area (Å²) in [7, 11) is 1.68. The molecule has 1 unspecified atom stereocenters. The molecule has 3 aromatic rings. The zero-order valence-corrected chi connectivity index (χ0v) is 18.7. The number of aromatic nitrogens is 2. The molecule has 5 rings (SSSR count). The van der Waals surface area contributed by atoms with Gasteiger partial charge in [0.15, 0.2) is 0 Å². The molecule has 1 aromatic carbocycles. The average molecular weight is 449 g/mol. The molecule has 9 heteroatoms. The Labute approximate surface area is 192 Å². The van der Waals surface area contributed by atoms with Crippen LogP contribution in [0.15, 0.2) is 53.3 Å². The van der Waals surface area contributed by atoms with E-state index in [1.54, 1.807) is 19.5 Å². The van der Waals surface area contributed by atoms with Gasteiger partial charge in [0.1, 0.15) is 5.75 Å². The van der Waals surface area contributed by atoms with Gasteiger partial charge in [0.2, 0.25) is 5.76 Å². The summed E-state index contributed by atoms with van der Waals surface area (Å²) < 4.78 is 11.2. The van der Waals surface area contributed by atoms with Gasteiger partial charge in [-0.25, -0.2) is 4.98 Å². The molecule has 1 amide bonds. The lowest BCUT2D eigenvalue weighted by atomic mass is 9.98. The van der Waals surface area contributed by atoms with E-state index in [1.165, 1.54) is 11.8 Å². The smallest absolute Gasteiger partial charge is 0.297 e. The fourth-order valence-electron chi connectivity index (χ4n) is 4.47. The minimum absolute atomic E-state index is 0.185. The lowest BCUT2D eigenvalue weighted by Gasteiger charge is -2.30. The van der Waals surface area contributed by atoms with E-state index in [2.05, 4.69) is 42.5 Å². The summed E-state index contributed by atoms with van der Waals surface area (Å²) in [5.41, 5.74) is 2.86. The zero-order chi connectivity index (χ0) is 22.6. The third kappa shape index (κ3) is 4.63. The van der Waals surface area contributed by atoms with Gasteiger partial charge in [0, 0.05) is 51.4 Å². The summed E-state index contributed by atoms with van der Waals surface area (Å²) >= 11 is 0. The fraction of sp³-hybridized carbons (Fsp3) is 0.375. The number of pyridine rings is 1. The van der Waals surface area contributed by atoms with Crippen molar-refractivity contribution in [3.05, 3.63) is 60.2 Å². The average Bonchev–Trinajstić information content (AvgIpc) is 3.55. The number of nitrogens with zero attached hydrogens (tertiary/aromatic N) is 4. The molecule has 2 saturated heterocycles. The number of methoxy groups -OCH3 is 1. The molecule has 2 N–H and O–H groups in total.